The van der Waals surface area contributed by atoms with E-state index in [1.807, 2.05) is 0 Å². The summed E-state index contributed by atoms with van der Waals surface area (Å²) in [5.41, 5.74) is 1.19. The van der Waals surface area contributed by atoms with Gasteiger partial charge in [0.2, 0.25) is 5.91 Å². The van der Waals surface area contributed by atoms with Crippen LogP contribution in [0, 0.1) is 0 Å². The first-order valence-corrected chi connectivity index (χ1v) is 7.47. The van der Waals surface area contributed by atoms with Crippen molar-refractivity contribution < 1.29 is 19.1 Å². The molecule has 2 amide bonds. The first kappa shape index (κ1) is 17.3. The summed E-state index contributed by atoms with van der Waals surface area (Å²) in [7, 11) is 1.57. The molecule has 0 fully saturated rings. The summed E-state index contributed by atoms with van der Waals surface area (Å²) in [6.45, 7) is 3.09. The fourth-order valence-corrected chi connectivity index (χ4v) is 2.05. The van der Waals surface area contributed by atoms with Crippen LogP contribution in [0.4, 0.5) is 11.4 Å². The maximum absolute atomic E-state index is 12.3. The third kappa shape index (κ3) is 5.01. The van der Waals surface area contributed by atoms with Crippen molar-refractivity contribution in [1.82, 2.24) is 0 Å². The number of anilines is 2. The maximum atomic E-state index is 12.3. The molecule has 0 aliphatic rings. The average molecular weight is 328 g/mol. The molecule has 0 aliphatic carbocycles. The molecule has 1 atom stereocenters. The Kier molecular flexibility index (Phi) is 5.78. The van der Waals surface area contributed by atoms with Crippen molar-refractivity contribution in [3.8, 4) is 11.5 Å². The minimum absolute atomic E-state index is 0.173. The molecule has 24 heavy (non-hydrogen) atoms. The first-order valence-electron chi connectivity index (χ1n) is 7.47. The van der Waals surface area contributed by atoms with Crippen molar-refractivity contribution in [2.75, 3.05) is 17.7 Å². The van der Waals surface area contributed by atoms with E-state index in [0.717, 1.165) is 0 Å². The van der Waals surface area contributed by atoms with Gasteiger partial charge in [-0.1, -0.05) is 12.1 Å². The zero-order valence-electron chi connectivity index (χ0n) is 13.8. The highest BCUT2D eigenvalue weighted by atomic mass is 16.5. The molecule has 2 aromatic rings. The van der Waals surface area contributed by atoms with Crippen LogP contribution in [0.25, 0.3) is 0 Å². The van der Waals surface area contributed by atoms with Crippen LogP contribution in [0.3, 0.4) is 0 Å². The van der Waals surface area contributed by atoms with Gasteiger partial charge in [0.15, 0.2) is 6.10 Å². The zero-order valence-corrected chi connectivity index (χ0v) is 13.8. The molecule has 2 rings (SSSR count). The van der Waals surface area contributed by atoms with Crippen LogP contribution in [-0.2, 0) is 9.59 Å². The van der Waals surface area contributed by atoms with Crippen molar-refractivity contribution in [3.63, 3.8) is 0 Å². The van der Waals surface area contributed by atoms with E-state index >= 15 is 0 Å². The number of benzene rings is 2. The molecule has 0 saturated carbocycles. The Labute approximate surface area is 140 Å². The van der Waals surface area contributed by atoms with E-state index in [-0.39, 0.29) is 11.8 Å². The molecule has 0 radical (unpaired) electrons. The van der Waals surface area contributed by atoms with Gasteiger partial charge < -0.3 is 20.1 Å². The Balaban J connectivity index is 1.99. The van der Waals surface area contributed by atoms with E-state index in [0.29, 0.717) is 22.9 Å². The van der Waals surface area contributed by atoms with Gasteiger partial charge in [-0.25, -0.2) is 0 Å². The fourth-order valence-electron chi connectivity index (χ4n) is 2.05. The first-order chi connectivity index (χ1) is 11.5. The van der Waals surface area contributed by atoms with Gasteiger partial charge in [0.1, 0.15) is 11.5 Å². The smallest absolute Gasteiger partial charge is 0.265 e. The van der Waals surface area contributed by atoms with Crippen molar-refractivity contribution in [2.24, 2.45) is 0 Å². The van der Waals surface area contributed by atoms with Crippen molar-refractivity contribution in [1.29, 1.82) is 0 Å². The van der Waals surface area contributed by atoms with Gasteiger partial charge in [0, 0.05) is 24.4 Å². The summed E-state index contributed by atoms with van der Waals surface area (Å²) in [5.74, 6) is 0.734. The number of carbonyl (C=O) groups is 2. The van der Waals surface area contributed by atoms with E-state index in [9.17, 15) is 9.59 Å². The summed E-state index contributed by atoms with van der Waals surface area (Å²) < 4.78 is 10.7. The second kappa shape index (κ2) is 8.01. The number of hydrogen-bond donors (Lipinski definition) is 2. The number of carbonyl (C=O) groups excluding carboxylic acids is 2. The molecule has 0 bridgehead atoms. The minimum atomic E-state index is -0.693. The Bertz CT molecular complexity index is 730. The number of rotatable bonds is 6. The maximum Gasteiger partial charge on any atom is 0.265 e. The number of methoxy groups -OCH3 is 1. The number of nitrogens with one attached hydrogen (secondary N) is 2. The highest BCUT2D eigenvalue weighted by Gasteiger charge is 2.15. The second-order valence-electron chi connectivity index (χ2n) is 5.19. The monoisotopic (exact) mass is 328 g/mol. The third-order valence-electron chi connectivity index (χ3n) is 3.17. The van der Waals surface area contributed by atoms with Gasteiger partial charge in [0.25, 0.3) is 5.91 Å². The topological polar surface area (TPSA) is 76.7 Å². The largest absolute Gasteiger partial charge is 0.497 e. The predicted octanol–water partition coefficient (Wildman–Crippen LogP) is 3.06. The van der Waals surface area contributed by atoms with E-state index in [1.165, 1.54) is 6.92 Å². The van der Waals surface area contributed by atoms with Crippen molar-refractivity contribution in [3.05, 3.63) is 48.5 Å². The predicted molar refractivity (Wildman–Crippen MR) is 92.5 cm³/mol. The summed E-state index contributed by atoms with van der Waals surface area (Å²) in [4.78, 5) is 23.3. The van der Waals surface area contributed by atoms with Gasteiger partial charge in [-0.2, -0.15) is 0 Å². The lowest BCUT2D eigenvalue weighted by Crippen LogP contribution is -2.30. The number of amides is 2. The molecule has 0 saturated heterocycles. The summed E-state index contributed by atoms with van der Waals surface area (Å²) in [5, 5.41) is 5.42. The molecule has 6 heteroatoms. The molecule has 0 aromatic heterocycles. The Morgan fingerprint density at radius 2 is 1.58 bits per heavy atom. The van der Waals surface area contributed by atoms with E-state index < -0.39 is 6.10 Å². The van der Waals surface area contributed by atoms with Crippen LogP contribution in [0.15, 0.2) is 48.5 Å². The molecule has 126 valence electrons. The van der Waals surface area contributed by atoms with Gasteiger partial charge in [-0.15, -0.1) is 0 Å². The molecular weight excluding hydrogens is 308 g/mol. The molecule has 6 nitrogen and oxygen atoms in total. The summed E-state index contributed by atoms with van der Waals surface area (Å²) in [6.07, 6.45) is -0.693. The molecule has 2 aromatic carbocycles. The van der Waals surface area contributed by atoms with E-state index in [2.05, 4.69) is 10.6 Å². The molecule has 0 unspecified atom stereocenters. The molecular formula is C18H20N2O4. The van der Waals surface area contributed by atoms with Crippen LogP contribution in [-0.4, -0.2) is 25.0 Å². The quantitative estimate of drug-likeness (QED) is 0.854. The van der Waals surface area contributed by atoms with Gasteiger partial charge in [-0.05, 0) is 37.3 Å². The van der Waals surface area contributed by atoms with Gasteiger partial charge >= 0.3 is 0 Å². The van der Waals surface area contributed by atoms with Crippen molar-refractivity contribution in [2.45, 2.75) is 20.0 Å². The standard InChI is InChI=1S/C18H20N2O4/c1-12(24-17-9-5-8-16(11-17)23-3)18(22)20-15-7-4-6-14(10-15)19-13(2)21/h4-12H,1-3H3,(H,19,21)(H,20,22)/t12-/m1/s1. The SMILES string of the molecule is COc1cccc(O[C@H](C)C(=O)Nc2cccc(NC(C)=O)c2)c1. The van der Waals surface area contributed by atoms with Gasteiger partial charge in [-0.3, -0.25) is 9.59 Å². The van der Waals surface area contributed by atoms with E-state index in [1.54, 1.807) is 62.6 Å². The average Bonchev–Trinajstić information content (AvgIpc) is 2.54. The lowest BCUT2D eigenvalue weighted by atomic mass is 10.2. The second-order valence-corrected chi connectivity index (χ2v) is 5.19. The zero-order chi connectivity index (χ0) is 17.5. The Morgan fingerprint density at radius 1 is 0.958 bits per heavy atom. The van der Waals surface area contributed by atoms with Crippen molar-refractivity contribution >= 4 is 23.2 Å². The van der Waals surface area contributed by atoms with Crippen LogP contribution in [0.5, 0.6) is 11.5 Å². The van der Waals surface area contributed by atoms with Crippen LogP contribution >= 0.6 is 0 Å². The lowest BCUT2D eigenvalue weighted by Gasteiger charge is -2.15. The van der Waals surface area contributed by atoms with Crippen LogP contribution in [0.1, 0.15) is 13.8 Å². The van der Waals surface area contributed by atoms with Gasteiger partial charge in [0.05, 0.1) is 7.11 Å². The normalized spacial score (nSPS) is 11.3. The minimum Gasteiger partial charge on any atom is -0.497 e. The molecule has 0 spiro atoms. The van der Waals surface area contributed by atoms with E-state index in [4.69, 9.17) is 9.47 Å². The lowest BCUT2D eigenvalue weighted by molar-refractivity contribution is -0.122. The molecule has 2 N–H and O–H groups in total. The summed E-state index contributed by atoms with van der Waals surface area (Å²) >= 11 is 0. The Hall–Kier alpha value is -3.02. The fraction of sp³-hybridized carbons (Fsp3) is 0.222. The highest BCUT2D eigenvalue weighted by Crippen LogP contribution is 2.21. The highest BCUT2D eigenvalue weighted by molar-refractivity contribution is 5.95. The molecule has 0 heterocycles. The van der Waals surface area contributed by atoms with Crippen LogP contribution in [0.2, 0.25) is 0 Å². The number of ether oxygens (including phenoxy) is 2. The molecule has 0 aliphatic heterocycles. The number of hydrogen-bond acceptors (Lipinski definition) is 4. The Morgan fingerprint density at radius 3 is 2.25 bits per heavy atom. The van der Waals surface area contributed by atoms with Crippen LogP contribution < -0.4 is 20.1 Å². The summed E-state index contributed by atoms with van der Waals surface area (Å²) in [6, 6.07) is 14.0. The third-order valence-corrected chi connectivity index (χ3v) is 3.17.